The van der Waals surface area contributed by atoms with Gasteiger partial charge < -0.3 is 9.80 Å². The zero-order valence-corrected chi connectivity index (χ0v) is 13.3. The molecule has 0 N–H and O–H groups in total. The highest BCUT2D eigenvalue weighted by molar-refractivity contribution is 5.45. The molecule has 1 aliphatic heterocycles. The molecule has 2 aliphatic rings. The third kappa shape index (κ3) is 3.16. The fourth-order valence-electron chi connectivity index (χ4n) is 2.97. The van der Waals surface area contributed by atoms with Crippen LogP contribution in [-0.2, 0) is 0 Å². The predicted octanol–water partition coefficient (Wildman–Crippen LogP) is 3.01. The molecule has 0 amide bonds. The summed E-state index contributed by atoms with van der Waals surface area (Å²) in [6.07, 6.45) is 1.22. The van der Waals surface area contributed by atoms with Gasteiger partial charge in [0.2, 0.25) is 0 Å². The van der Waals surface area contributed by atoms with Crippen molar-refractivity contribution >= 4 is 11.6 Å². The van der Waals surface area contributed by atoms with Crippen LogP contribution >= 0.6 is 0 Å². The number of piperazine rings is 1. The summed E-state index contributed by atoms with van der Waals surface area (Å²) in [4.78, 5) is 17.2. The Hall–Kier alpha value is -2.31. The first kappa shape index (κ1) is 15.2. The lowest BCUT2D eigenvalue weighted by Crippen LogP contribution is -2.47. The van der Waals surface area contributed by atoms with Crippen molar-refractivity contribution in [3.8, 4) is 0 Å². The van der Waals surface area contributed by atoms with Crippen LogP contribution in [0.1, 0.15) is 36.7 Å². The lowest BCUT2D eigenvalue weighted by atomic mass is 10.2. The van der Waals surface area contributed by atoms with Crippen molar-refractivity contribution in [2.75, 3.05) is 36.0 Å². The molecular formula is C17H19F2N5. The highest BCUT2D eigenvalue weighted by atomic mass is 19.3. The standard InChI is InChI=1S/C17H19F2N5/c18-16(19)13-11-15(22-17(21-13)12-4-5-12)24-9-7-23(8-10-24)14-3-1-2-6-20-14/h1-3,6,11-12,16H,4-5,7-10H2. The molecule has 1 saturated heterocycles. The van der Waals surface area contributed by atoms with E-state index in [1.54, 1.807) is 6.20 Å². The maximum absolute atomic E-state index is 13.1. The molecule has 24 heavy (non-hydrogen) atoms. The molecule has 5 nitrogen and oxygen atoms in total. The summed E-state index contributed by atoms with van der Waals surface area (Å²) in [5.41, 5.74) is -0.158. The van der Waals surface area contributed by atoms with Crippen molar-refractivity contribution in [3.05, 3.63) is 42.0 Å². The minimum atomic E-state index is -2.56. The van der Waals surface area contributed by atoms with Crippen molar-refractivity contribution in [1.29, 1.82) is 0 Å². The van der Waals surface area contributed by atoms with Gasteiger partial charge in [-0.1, -0.05) is 6.07 Å². The quantitative estimate of drug-likeness (QED) is 0.862. The van der Waals surface area contributed by atoms with Crippen LogP contribution in [0.3, 0.4) is 0 Å². The maximum Gasteiger partial charge on any atom is 0.280 e. The third-order valence-corrected chi connectivity index (χ3v) is 4.49. The number of anilines is 2. The Morgan fingerprint density at radius 3 is 2.25 bits per heavy atom. The third-order valence-electron chi connectivity index (χ3n) is 4.49. The van der Waals surface area contributed by atoms with Crippen molar-refractivity contribution in [3.63, 3.8) is 0 Å². The van der Waals surface area contributed by atoms with Gasteiger partial charge in [-0.05, 0) is 25.0 Å². The highest BCUT2D eigenvalue weighted by Gasteiger charge is 2.29. The number of pyridine rings is 1. The largest absolute Gasteiger partial charge is 0.353 e. The molecule has 2 fully saturated rings. The molecule has 3 heterocycles. The predicted molar refractivity (Wildman–Crippen MR) is 87.6 cm³/mol. The normalized spacial score (nSPS) is 18.3. The Bertz CT molecular complexity index is 677. The summed E-state index contributed by atoms with van der Waals surface area (Å²) in [5.74, 6) is 2.42. The first-order valence-corrected chi connectivity index (χ1v) is 8.28. The monoisotopic (exact) mass is 331 g/mol. The molecular weight excluding hydrogens is 312 g/mol. The van der Waals surface area contributed by atoms with Crippen LogP contribution in [0.25, 0.3) is 0 Å². The molecule has 0 radical (unpaired) electrons. The van der Waals surface area contributed by atoms with Gasteiger partial charge in [0.1, 0.15) is 23.2 Å². The summed E-state index contributed by atoms with van der Waals surface area (Å²) >= 11 is 0. The van der Waals surface area contributed by atoms with Gasteiger partial charge in [-0.2, -0.15) is 0 Å². The lowest BCUT2D eigenvalue weighted by Gasteiger charge is -2.36. The molecule has 1 aliphatic carbocycles. The maximum atomic E-state index is 13.1. The Morgan fingerprint density at radius 1 is 0.958 bits per heavy atom. The Balaban J connectivity index is 1.51. The van der Waals surface area contributed by atoms with Crippen LogP contribution in [-0.4, -0.2) is 41.1 Å². The lowest BCUT2D eigenvalue weighted by molar-refractivity contribution is 0.145. The summed E-state index contributed by atoms with van der Waals surface area (Å²) in [5, 5.41) is 0. The van der Waals surface area contributed by atoms with Gasteiger partial charge in [0, 0.05) is 44.4 Å². The number of alkyl halides is 2. The molecule has 0 bridgehead atoms. The number of rotatable bonds is 4. The smallest absolute Gasteiger partial charge is 0.280 e. The number of hydrogen-bond donors (Lipinski definition) is 0. The van der Waals surface area contributed by atoms with E-state index in [1.165, 1.54) is 6.07 Å². The molecule has 1 saturated carbocycles. The van der Waals surface area contributed by atoms with Gasteiger partial charge >= 0.3 is 0 Å². The Labute approximate surface area is 139 Å². The van der Waals surface area contributed by atoms with Crippen LogP contribution in [0.15, 0.2) is 30.5 Å². The Morgan fingerprint density at radius 2 is 1.67 bits per heavy atom. The number of nitrogens with zero attached hydrogens (tertiary/aromatic N) is 5. The molecule has 7 heteroatoms. The van der Waals surface area contributed by atoms with Crippen LogP contribution < -0.4 is 9.80 Å². The number of hydrogen-bond acceptors (Lipinski definition) is 5. The molecule has 0 aromatic carbocycles. The van der Waals surface area contributed by atoms with Gasteiger partial charge in [-0.15, -0.1) is 0 Å². The van der Waals surface area contributed by atoms with Crippen LogP contribution in [0.5, 0.6) is 0 Å². The zero-order valence-electron chi connectivity index (χ0n) is 13.3. The topological polar surface area (TPSA) is 45.2 Å². The van der Waals surface area contributed by atoms with Crippen molar-refractivity contribution in [1.82, 2.24) is 15.0 Å². The van der Waals surface area contributed by atoms with Crippen molar-refractivity contribution in [2.45, 2.75) is 25.2 Å². The minimum Gasteiger partial charge on any atom is -0.353 e. The van der Waals surface area contributed by atoms with E-state index in [0.29, 0.717) is 11.6 Å². The van der Waals surface area contributed by atoms with E-state index in [4.69, 9.17) is 0 Å². The molecule has 2 aromatic rings. The second kappa shape index (κ2) is 6.30. The van der Waals surface area contributed by atoms with E-state index in [-0.39, 0.29) is 11.6 Å². The van der Waals surface area contributed by atoms with Crippen molar-refractivity contribution in [2.24, 2.45) is 0 Å². The molecule has 0 unspecified atom stereocenters. The summed E-state index contributed by atoms with van der Waals surface area (Å²) in [6, 6.07) is 7.29. The Kier molecular flexibility index (Phi) is 4.00. The highest BCUT2D eigenvalue weighted by Crippen LogP contribution is 2.39. The van der Waals surface area contributed by atoms with Crippen LogP contribution in [0, 0.1) is 0 Å². The van der Waals surface area contributed by atoms with Crippen LogP contribution in [0.2, 0.25) is 0 Å². The molecule has 2 aromatic heterocycles. The summed E-state index contributed by atoms with van der Waals surface area (Å²) < 4.78 is 26.3. The van der Waals surface area contributed by atoms with Gasteiger partial charge in [-0.25, -0.2) is 23.7 Å². The van der Waals surface area contributed by atoms with E-state index >= 15 is 0 Å². The molecule has 0 atom stereocenters. The summed E-state index contributed by atoms with van der Waals surface area (Å²) in [7, 11) is 0. The van der Waals surface area contributed by atoms with Gasteiger partial charge in [-0.3, -0.25) is 0 Å². The van der Waals surface area contributed by atoms with Crippen molar-refractivity contribution < 1.29 is 8.78 Å². The molecule has 0 spiro atoms. The van der Waals surface area contributed by atoms with Gasteiger partial charge in [0.05, 0.1) is 0 Å². The second-order valence-corrected chi connectivity index (χ2v) is 6.25. The van der Waals surface area contributed by atoms with Gasteiger partial charge in [0.15, 0.2) is 0 Å². The average Bonchev–Trinajstić information content (AvgIpc) is 3.47. The molecule has 126 valence electrons. The average molecular weight is 331 g/mol. The second-order valence-electron chi connectivity index (χ2n) is 6.25. The van der Waals surface area contributed by atoms with Gasteiger partial charge in [0.25, 0.3) is 6.43 Å². The minimum absolute atomic E-state index is 0.158. The van der Waals surface area contributed by atoms with E-state index in [1.807, 2.05) is 18.2 Å². The zero-order chi connectivity index (χ0) is 16.5. The molecule has 4 rings (SSSR count). The first-order valence-electron chi connectivity index (χ1n) is 8.28. The summed E-state index contributed by atoms with van der Waals surface area (Å²) in [6.45, 7) is 3.06. The van der Waals surface area contributed by atoms with E-state index < -0.39 is 6.43 Å². The van der Waals surface area contributed by atoms with E-state index in [9.17, 15) is 8.78 Å². The number of aromatic nitrogens is 3. The van der Waals surface area contributed by atoms with E-state index in [0.717, 1.165) is 44.8 Å². The fourth-order valence-corrected chi connectivity index (χ4v) is 2.97. The first-order chi connectivity index (χ1) is 11.7. The SMILES string of the molecule is FC(F)c1cc(N2CCN(c3ccccn3)CC2)nc(C2CC2)n1. The van der Waals surface area contributed by atoms with Crippen LogP contribution in [0.4, 0.5) is 20.4 Å². The number of halogens is 2. The fraction of sp³-hybridized carbons (Fsp3) is 0.471. The van der Waals surface area contributed by atoms with E-state index in [2.05, 4.69) is 24.8 Å².